The van der Waals surface area contributed by atoms with E-state index in [-0.39, 0.29) is 11.8 Å². The van der Waals surface area contributed by atoms with Gasteiger partial charge in [0.05, 0.1) is 37.6 Å². The van der Waals surface area contributed by atoms with Gasteiger partial charge in [0.25, 0.3) is 0 Å². The van der Waals surface area contributed by atoms with Crippen molar-refractivity contribution in [3.63, 3.8) is 0 Å². The fourth-order valence-electron chi connectivity index (χ4n) is 4.38. The summed E-state index contributed by atoms with van der Waals surface area (Å²) in [6, 6.07) is 8.26. The molecule has 0 saturated heterocycles. The van der Waals surface area contributed by atoms with Gasteiger partial charge in [-0.15, -0.1) is 0 Å². The van der Waals surface area contributed by atoms with Crippen molar-refractivity contribution in [3.05, 3.63) is 89.4 Å². The summed E-state index contributed by atoms with van der Waals surface area (Å²) in [7, 11) is 1.61. The Morgan fingerprint density at radius 3 is 2.73 bits per heavy atom. The van der Waals surface area contributed by atoms with Crippen LogP contribution in [0.25, 0.3) is 11.0 Å². The second kappa shape index (κ2) is 10.8. The third-order valence-corrected chi connectivity index (χ3v) is 6.68. The molecule has 0 atom stereocenters. The molecule has 0 spiro atoms. The Morgan fingerprint density at radius 2 is 2.00 bits per heavy atom. The molecule has 1 saturated carbocycles. The summed E-state index contributed by atoms with van der Waals surface area (Å²) in [4.78, 5) is 21.5. The first-order valence-corrected chi connectivity index (χ1v) is 12.6. The van der Waals surface area contributed by atoms with Gasteiger partial charge in [-0.1, -0.05) is 24.3 Å². The normalized spacial score (nSPS) is 17.3. The van der Waals surface area contributed by atoms with Crippen molar-refractivity contribution in [2.45, 2.75) is 45.6 Å². The molecule has 6 rings (SSSR count). The van der Waals surface area contributed by atoms with Crippen molar-refractivity contribution in [2.24, 2.45) is 0 Å². The zero-order chi connectivity index (χ0) is 25.8. The number of H-pyrrole nitrogens is 1. The van der Waals surface area contributed by atoms with E-state index < -0.39 is 0 Å². The summed E-state index contributed by atoms with van der Waals surface area (Å²) >= 11 is 0. The number of allylic oxidation sites excluding steroid dienone is 3. The third kappa shape index (κ3) is 5.29. The summed E-state index contributed by atoms with van der Waals surface area (Å²) in [5.74, 6) is 1.89. The third-order valence-electron chi connectivity index (χ3n) is 6.68. The standard InChI is InChI=1S/C18H20N4O3.C11H10O/c1-4-12(6-7-13(5-2)24-3)16-21-17(25-16)18(23)22-9-8-14-15(10-22)20-11-19-14;1-2-4-11-9(3-1)10(7-12-11)8-5-6-8/h4-7,11H,8-10H2,1-3H3;1-4,7-8H,5-6H2/p+1/b7-6-,12-4+,13-5+;. The Morgan fingerprint density at radius 1 is 1.19 bits per heavy atom. The topological polar surface area (TPSA) is 94.7 Å². The van der Waals surface area contributed by atoms with E-state index in [9.17, 15) is 4.79 Å². The minimum absolute atomic E-state index is 0.128. The van der Waals surface area contributed by atoms with Crippen molar-refractivity contribution < 1.29 is 18.7 Å². The molecule has 2 aliphatic heterocycles. The van der Waals surface area contributed by atoms with E-state index in [0.29, 0.717) is 19.0 Å². The number of methoxy groups -OCH3 is 1. The number of ether oxygens (including phenoxy) is 2. The van der Waals surface area contributed by atoms with E-state index in [2.05, 4.69) is 26.8 Å². The fraction of sp³-hybridized carbons (Fsp3) is 0.310. The highest BCUT2D eigenvalue weighted by molar-refractivity contribution is 6.40. The molecule has 190 valence electrons. The van der Waals surface area contributed by atoms with Gasteiger partial charge in [-0.05, 0) is 56.9 Å². The second-order valence-corrected chi connectivity index (χ2v) is 9.06. The lowest BCUT2D eigenvalue weighted by Crippen LogP contribution is -2.46. The zero-order valence-electron chi connectivity index (χ0n) is 21.4. The molecular formula is C29H31N4O4+. The molecule has 0 unspecified atom stereocenters. The number of rotatable bonds is 6. The van der Waals surface area contributed by atoms with Gasteiger partial charge in [-0.3, -0.25) is 4.79 Å². The molecule has 3 aromatic rings. The van der Waals surface area contributed by atoms with E-state index in [1.54, 1.807) is 18.3 Å². The Kier molecular flexibility index (Phi) is 7.10. The van der Waals surface area contributed by atoms with Gasteiger partial charge in [0.1, 0.15) is 16.9 Å². The summed E-state index contributed by atoms with van der Waals surface area (Å²) in [6.07, 6.45) is 14.4. The van der Waals surface area contributed by atoms with Crippen molar-refractivity contribution in [1.29, 1.82) is 0 Å². The number of para-hydroxylation sites is 1. The number of furan rings is 1. The van der Waals surface area contributed by atoms with Crippen LogP contribution >= 0.6 is 0 Å². The Bertz CT molecular complexity index is 1460. The molecule has 3 aliphatic rings. The highest BCUT2D eigenvalue weighted by atomic mass is 16.5. The number of amides is 1. The van der Waals surface area contributed by atoms with Crippen molar-refractivity contribution in [2.75, 3.05) is 13.7 Å². The maximum absolute atomic E-state index is 12.5. The number of fused-ring (bicyclic) bond motifs is 2. The highest BCUT2D eigenvalue weighted by Crippen LogP contribution is 2.43. The number of imidazole rings is 1. The molecule has 0 radical (unpaired) electrons. The van der Waals surface area contributed by atoms with Gasteiger partial charge in [0.2, 0.25) is 0 Å². The number of nitrogens with one attached hydrogen (secondary N) is 1. The van der Waals surface area contributed by atoms with E-state index in [1.165, 1.54) is 23.8 Å². The molecular weight excluding hydrogens is 468 g/mol. The Balaban J connectivity index is 0.000000192. The number of benzene rings is 1. The summed E-state index contributed by atoms with van der Waals surface area (Å²) in [5, 5.41) is 1.31. The zero-order valence-corrected chi connectivity index (χ0v) is 21.4. The van der Waals surface area contributed by atoms with Crippen LogP contribution in [-0.2, 0) is 27.2 Å². The number of hydrogen-bond acceptors (Lipinski definition) is 5. The van der Waals surface area contributed by atoms with Gasteiger partial charge in [-0.2, -0.15) is 0 Å². The first-order chi connectivity index (χ1) is 18.1. The summed E-state index contributed by atoms with van der Waals surface area (Å²) in [5.41, 5.74) is 5.22. The molecule has 1 amide bonds. The van der Waals surface area contributed by atoms with Crippen LogP contribution < -0.4 is 4.67 Å². The van der Waals surface area contributed by atoms with E-state index in [1.807, 2.05) is 56.5 Å². The van der Waals surface area contributed by atoms with Crippen LogP contribution in [0.5, 0.6) is 0 Å². The fourth-order valence-corrected chi connectivity index (χ4v) is 4.38. The second-order valence-electron chi connectivity index (χ2n) is 9.06. The molecule has 1 N–H and O–H groups in total. The van der Waals surface area contributed by atoms with E-state index in [4.69, 9.17) is 13.9 Å². The Hall–Kier alpha value is -4.29. The molecule has 37 heavy (non-hydrogen) atoms. The lowest BCUT2D eigenvalue weighted by molar-refractivity contribution is -0.126. The lowest BCUT2D eigenvalue weighted by atomic mass is 10.1. The number of carbonyl (C=O) groups excluding carboxylic acids is 1. The molecule has 1 fully saturated rings. The van der Waals surface area contributed by atoms with Crippen LogP contribution in [0.2, 0.25) is 0 Å². The van der Waals surface area contributed by atoms with Crippen LogP contribution in [0.1, 0.15) is 49.6 Å². The van der Waals surface area contributed by atoms with Crippen LogP contribution in [0, 0.1) is 0 Å². The smallest absolute Gasteiger partial charge is 0.497 e. The predicted octanol–water partition coefficient (Wildman–Crippen LogP) is 4.55. The van der Waals surface area contributed by atoms with Gasteiger partial charge in [0, 0.05) is 28.6 Å². The van der Waals surface area contributed by atoms with E-state index in [0.717, 1.165) is 40.6 Å². The van der Waals surface area contributed by atoms with Crippen LogP contribution in [0.15, 0.2) is 76.9 Å². The lowest BCUT2D eigenvalue weighted by Gasteiger charge is -2.24. The molecule has 1 aromatic carbocycles. The first-order valence-electron chi connectivity index (χ1n) is 12.6. The Labute approximate surface area is 215 Å². The molecule has 0 bridgehead atoms. The monoisotopic (exact) mass is 499 g/mol. The molecule has 1 aliphatic carbocycles. The number of carbonyl (C=O) groups is 1. The van der Waals surface area contributed by atoms with Crippen LogP contribution in [-0.4, -0.2) is 46.2 Å². The molecule has 8 heteroatoms. The molecule has 4 heterocycles. The van der Waals surface area contributed by atoms with Crippen molar-refractivity contribution in [1.82, 2.24) is 19.5 Å². The van der Waals surface area contributed by atoms with Crippen LogP contribution in [0.3, 0.4) is 0 Å². The van der Waals surface area contributed by atoms with Crippen molar-refractivity contribution in [3.8, 4) is 0 Å². The van der Waals surface area contributed by atoms with E-state index >= 15 is 0 Å². The number of nitrogens with zero attached hydrogens (tertiary/aromatic N) is 3. The van der Waals surface area contributed by atoms with Gasteiger partial charge in [-0.25, -0.2) is 4.98 Å². The first kappa shape index (κ1) is 24.4. The SMILES string of the molecule is C\C=C(/C=C\C(=C/C)C1=[N+]=C(C(=O)N2CCc3nc[nH]c3C2)O1)OC.c1ccc2c(C3CC3)coc2c1. The van der Waals surface area contributed by atoms with Crippen LogP contribution in [0.4, 0.5) is 0 Å². The maximum Gasteiger partial charge on any atom is 0.568 e. The highest BCUT2D eigenvalue weighted by Gasteiger charge is 2.43. The van der Waals surface area contributed by atoms with Gasteiger partial charge >= 0.3 is 17.7 Å². The quantitative estimate of drug-likeness (QED) is 0.305. The molecule has 2 aromatic heterocycles. The minimum atomic E-state index is -0.200. The van der Waals surface area contributed by atoms with Crippen molar-refractivity contribution >= 4 is 28.7 Å². The molecule has 8 nitrogen and oxygen atoms in total. The number of aromatic amines is 1. The number of hydrogen-bond donors (Lipinski definition) is 1. The minimum Gasteiger partial charge on any atom is -0.497 e. The van der Waals surface area contributed by atoms with Gasteiger partial charge < -0.3 is 23.8 Å². The van der Waals surface area contributed by atoms with Gasteiger partial charge in [0.15, 0.2) is 0 Å². The average molecular weight is 500 g/mol. The summed E-state index contributed by atoms with van der Waals surface area (Å²) < 4.78 is 20.4. The largest absolute Gasteiger partial charge is 0.568 e. The average Bonchev–Trinajstić information content (AvgIpc) is 3.48. The number of aromatic nitrogens is 2. The predicted molar refractivity (Wildman–Crippen MR) is 143 cm³/mol. The maximum atomic E-state index is 12.5. The summed E-state index contributed by atoms with van der Waals surface area (Å²) in [6.45, 7) is 4.89.